The molecule has 0 spiro atoms. The van der Waals surface area contributed by atoms with Gasteiger partial charge in [0.05, 0.1) is 17.9 Å². The second-order valence-electron chi connectivity index (χ2n) is 10.5. The van der Waals surface area contributed by atoms with Gasteiger partial charge in [-0.1, -0.05) is 59.7 Å². The Balaban J connectivity index is 1.90. The van der Waals surface area contributed by atoms with E-state index in [0.29, 0.717) is 22.8 Å². The van der Waals surface area contributed by atoms with Crippen molar-refractivity contribution in [3.8, 4) is 5.75 Å². The largest absolute Gasteiger partial charge is 0.507 e. The molecule has 0 aliphatic carbocycles. The van der Waals surface area contributed by atoms with Gasteiger partial charge in [0.25, 0.3) is 0 Å². The summed E-state index contributed by atoms with van der Waals surface area (Å²) in [5.41, 5.74) is 7.70. The summed E-state index contributed by atoms with van der Waals surface area (Å²) in [5.74, 6) is 0.192. The molecule has 0 heterocycles. The first-order valence-electron chi connectivity index (χ1n) is 11.8. The molecule has 0 atom stereocenters. The number of hydrogen-bond donors (Lipinski definition) is 4. The number of nitrogens with one attached hydrogen (secondary N) is 3. The molecule has 0 fully saturated rings. The van der Waals surface area contributed by atoms with Gasteiger partial charge in [-0.3, -0.25) is 10.2 Å². The molecule has 36 heavy (non-hydrogen) atoms. The zero-order valence-corrected chi connectivity index (χ0v) is 22.9. The summed E-state index contributed by atoms with van der Waals surface area (Å²) in [6.07, 6.45) is 0. The summed E-state index contributed by atoms with van der Waals surface area (Å²) in [6, 6.07) is 9.66. The third kappa shape index (κ3) is 8.48. The van der Waals surface area contributed by atoms with Crippen molar-refractivity contribution < 1.29 is 24.2 Å². The first-order valence-corrected chi connectivity index (χ1v) is 13.0. The molecule has 2 rings (SSSR count). The maximum absolute atomic E-state index is 12.2. The number of amides is 3. The van der Waals surface area contributed by atoms with E-state index in [-0.39, 0.29) is 29.1 Å². The second kappa shape index (κ2) is 12.2. The number of hydrogen-bond acceptors (Lipinski definition) is 6. The molecule has 0 radical (unpaired) electrons. The highest BCUT2D eigenvalue weighted by Crippen LogP contribution is 2.40. The summed E-state index contributed by atoms with van der Waals surface area (Å²) >= 11 is 1.41. The van der Waals surface area contributed by atoms with E-state index < -0.39 is 12.0 Å². The zero-order chi connectivity index (χ0) is 27.1. The Kier molecular flexibility index (Phi) is 9.81. The van der Waals surface area contributed by atoms with Crippen LogP contribution in [0.3, 0.4) is 0 Å². The fraction of sp³-hybridized carbons (Fsp3) is 0.444. The quantitative estimate of drug-likeness (QED) is 0.296. The fourth-order valence-corrected chi connectivity index (χ4v) is 4.21. The highest BCUT2D eigenvalue weighted by molar-refractivity contribution is 7.99. The molecule has 0 aliphatic rings. The van der Waals surface area contributed by atoms with Crippen LogP contribution in [0, 0.1) is 0 Å². The number of phenolic OH excluding ortho intramolecular Hbond substituents is 1. The summed E-state index contributed by atoms with van der Waals surface area (Å²) in [4.78, 5) is 36.2. The van der Waals surface area contributed by atoms with Gasteiger partial charge in [-0.15, -0.1) is 11.8 Å². The smallest absolute Gasteiger partial charge is 0.338 e. The molecule has 196 valence electrons. The molecule has 0 saturated heterocycles. The van der Waals surface area contributed by atoms with Crippen LogP contribution in [-0.4, -0.2) is 35.4 Å². The van der Waals surface area contributed by atoms with Gasteiger partial charge < -0.3 is 15.2 Å². The third-order valence-electron chi connectivity index (χ3n) is 5.23. The van der Waals surface area contributed by atoms with E-state index in [2.05, 4.69) is 57.7 Å². The molecule has 0 unspecified atom stereocenters. The zero-order valence-electron chi connectivity index (χ0n) is 22.1. The van der Waals surface area contributed by atoms with Crippen molar-refractivity contribution in [3.05, 3.63) is 58.7 Å². The monoisotopic (exact) mass is 515 g/mol. The standard InChI is InChI=1S/C27H37N3O5S/c1-8-35-24(33)18-10-9-11-19(14-18)28-25(34)30-29-22(31)16-36-15-17-12-20(26(2,3)4)23(32)21(13-17)27(5,6)7/h9-14,32H,8,15-16H2,1-7H3,(H,29,31)(H2,28,30,34). The van der Waals surface area contributed by atoms with E-state index in [4.69, 9.17) is 4.74 Å². The van der Waals surface area contributed by atoms with Crippen molar-refractivity contribution in [2.24, 2.45) is 0 Å². The topological polar surface area (TPSA) is 117 Å². The van der Waals surface area contributed by atoms with Gasteiger partial charge in [0.1, 0.15) is 5.75 Å². The average Bonchev–Trinajstić information content (AvgIpc) is 2.77. The SMILES string of the molecule is CCOC(=O)c1cccc(NC(=O)NNC(=O)CSCc2cc(C(C)(C)C)c(O)c(C(C)(C)C)c2)c1. The number of aromatic hydroxyl groups is 1. The van der Waals surface area contributed by atoms with Crippen molar-refractivity contribution in [2.45, 2.75) is 65.0 Å². The number of ether oxygens (including phenoxy) is 1. The van der Waals surface area contributed by atoms with E-state index in [9.17, 15) is 19.5 Å². The third-order valence-corrected chi connectivity index (χ3v) is 6.24. The van der Waals surface area contributed by atoms with Crippen LogP contribution in [-0.2, 0) is 26.1 Å². The lowest BCUT2D eigenvalue weighted by Gasteiger charge is -2.28. The summed E-state index contributed by atoms with van der Waals surface area (Å²) in [6.45, 7) is 14.3. The molecule has 0 aliphatic heterocycles. The molecule has 0 aromatic heterocycles. The Morgan fingerprint density at radius 1 is 0.944 bits per heavy atom. The number of thioether (sulfide) groups is 1. The van der Waals surface area contributed by atoms with Gasteiger partial charge in [-0.2, -0.15) is 0 Å². The summed E-state index contributed by atoms with van der Waals surface area (Å²) < 4.78 is 4.95. The molecular weight excluding hydrogens is 478 g/mol. The molecule has 9 heteroatoms. The van der Waals surface area contributed by atoms with Gasteiger partial charge in [0.15, 0.2) is 0 Å². The van der Waals surface area contributed by atoms with Crippen LogP contribution in [0.15, 0.2) is 36.4 Å². The molecule has 3 amide bonds. The molecule has 0 saturated carbocycles. The summed E-state index contributed by atoms with van der Waals surface area (Å²) in [5, 5.41) is 13.4. The number of carbonyl (C=O) groups excluding carboxylic acids is 3. The number of rotatable bonds is 7. The van der Waals surface area contributed by atoms with Gasteiger partial charge in [-0.25, -0.2) is 15.0 Å². The Morgan fingerprint density at radius 2 is 1.56 bits per heavy atom. The van der Waals surface area contributed by atoms with Gasteiger partial charge in [0, 0.05) is 11.4 Å². The van der Waals surface area contributed by atoms with Crippen LogP contribution in [0.25, 0.3) is 0 Å². The van der Waals surface area contributed by atoms with Crippen molar-refractivity contribution in [1.29, 1.82) is 0 Å². The maximum atomic E-state index is 12.2. The molecule has 2 aromatic rings. The van der Waals surface area contributed by atoms with Crippen LogP contribution < -0.4 is 16.2 Å². The number of benzene rings is 2. The van der Waals surface area contributed by atoms with Crippen molar-refractivity contribution in [1.82, 2.24) is 10.9 Å². The maximum Gasteiger partial charge on any atom is 0.338 e. The number of anilines is 1. The Labute approximate surface area is 217 Å². The van der Waals surface area contributed by atoms with Crippen LogP contribution in [0.4, 0.5) is 10.5 Å². The van der Waals surface area contributed by atoms with E-state index in [1.165, 1.54) is 17.8 Å². The van der Waals surface area contributed by atoms with E-state index in [1.807, 2.05) is 12.1 Å². The van der Waals surface area contributed by atoms with Crippen LogP contribution in [0.2, 0.25) is 0 Å². The van der Waals surface area contributed by atoms with E-state index in [1.54, 1.807) is 25.1 Å². The Bertz CT molecular complexity index is 1070. The minimum Gasteiger partial charge on any atom is -0.507 e. The minimum atomic E-state index is -0.641. The van der Waals surface area contributed by atoms with Crippen molar-refractivity contribution >= 4 is 35.4 Å². The lowest BCUT2D eigenvalue weighted by Crippen LogP contribution is -2.44. The number of hydrazine groups is 1. The molecule has 4 N–H and O–H groups in total. The predicted octanol–water partition coefficient (Wildman–Crippen LogP) is 5.25. The lowest BCUT2D eigenvalue weighted by molar-refractivity contribution is -0.119. The first-order chi connectivity index (χ1) is 16.7. The number of esters is 1. The Hall–Kier alpha value is -3.20. The highest BCUT2D eigenvalue weighted by atomic mass is 32.2. The van der Waals surface area contributed by atoms with Crippen molar-refractivity contribution in [2.75, 3.05) is 17.7 Å². The van der Waals surface area contributed by atoms with Crippen molar-refractivity contribution in [3.63, 3.8) is 0 Å². The lowest BCUT2D eigenvalue weighted by atomic mass is 9.78. The van der Waals surface area contributed by atoms with E-state index >= 15 is 0 Å². The second-order valence-corrected chi connectivity index (χ2v) is 11.4. The van der Waals surface area contributed by atoms with Crippen LogP contribution in [0.5, 0.6) is 5.75 Å². The Morgan fingerprint density at radius 3 is 2.11 bits per heavy atom. The fourth-order valence-electron chi connectivity index (χ4n) is 3.45. The average molecular weight is 516 g/mol. The highest BCUT2D eigenvalue weighted by Gasteiger charge is 2.26. The molecule has 0 bridgehead atoms. The summed E-state index contributed by atoms with van der Waals surface area (Å²) in [7, 11) is 0. The number of urea groups is 1. The van der Waals surface area contributed by atoms with Crippen LogP contribution in [0.1, 0.15) is 75.5 Å². The van der Waals surface area contributed by atoms with Gasteiger partial charge in [-0.05, 0) is 52.6 Å². The number of carbonyl (C=O) groups is 3. The normalized spacial score (nSPS) is 11.5. The molecule has 8 nitrogen and oxygen atoms in total. The minimum absolute atomic E-state index is 0.134. The molecule has 2 aromatic carbocycles. The van der Waals surface area contributed by atoms with Gasteiger partial charge >= 0.3 is 12.0 Å². The van der Waals surface area contributed by atoms with E-state index in [0.717, 1.165) is 16.7 Å². The molecular formula is C27H37N3O5S. The first kappa shape index (κ1) is 29.0. The van der Waals surface area contributed by atoms with Crippen LogP contribution >= 0.6 is 11.8 Å². The van der Waals surface area contributed by atoms with Gasteiger partial charge in [0.2, 0.25) is 5.91 Å². The number of phenols is 1. The predicted molar refractivity (Wildman–Crippen MR) is 144 cm³/mol.